The number of benzene rings is 1. The second-order valence-corrected chi connectivity index (χ2v) is 5.50. The first-order chi connectivity index (χ1) is 9.52. The number of aromatic nitrogens is 1. The van der Waals surface area contributed by atoms with Crippen LogP contribution in [-0.4, -0.2) is 4.98 Å². The van der Waals surface area contributed by atoms with Crippen LogP contribution in [0.5, 0.6) is 0 Å². The van der Waals surface area contributed by atoms with Crippen LogP contribution in [0.15, 0.2) is 35.1 Å². The van der Waals surface area contributed by atoms with Crippen molar-refractivity contribution in [2.24, 2.45) is 5.84 Å². The Morgan fingerprint density at radius 1 is 1.35 bits per heavy atom. The summed E-state index contributed by atoms with van der Waals surface area (Å²) in [5.41, 5.74) is 3.00. The number of nitrogens with one attached hydrogen (secondary N) is 1. The maximum atomic E-state index is 13.9. The summed E-state index contributed by atoms with van der Waals surface area (Å²) in [6.07, 6.45) is 3.27. The van der Waals surface area contributed by atoms with E-state index in [0.29, 0.717) is 15.1 Å². The second kappa shape index (κ2) is 6.58. The zero-order valence-electron chi connectivity index (χ0n) is 10.2. The van der Waals surface area contributed by atoms with Crippen LogP contribution < -0.4 is 11.3 Å². The van der Waals surface area contributed by atoms with E-state index in [1.807, 2.05) is 0 Å². The molecule has 0 aliphatic rings. The summed E-state index contributed by atoms with van der Waals surface area (Å²) in [4.78, 5) is 3.86. The molecule has 20 heavy (non-hydrogen) atoms. The maximum Gasteiger partial charge on any atom is 0.132 e. The van der Waals surface area contributed by atoms with Gasteiger partial charge in [-0.15, -0.1) is 0 Å². The molecular weight excluding hydrogens is 352 g/mol. The van der Waals surface area contributed by atoms with Crippen molar-refractivity contribution in [2.45, 2.75) is 12.5 Å². The number of hydrogen-bond acceptors (Lipinski definition) is 3. The topological polar surface area (TPSA) is 50.9 Å². The van der Waals surface area contributed by atoms with Crippen molar-refractivity contribution in [1.29, 1.82) is 0 Å². The quantitative estimate of drug-likeness (QED) is 0.646. The fourth-order valence-corrected chi connectivity index (χ4v) is 2.52. The van der Waals surface area contributed by atoms with Crippen LogP contribution in [0.2, 0.25) is 5.02 Å². The van der Waals surface area contributed by atoms with Crippen molar-refractivity contribution >= 4 is 27.5 Å². The average molecular weight is 363 g/mol. The van der Waals surface area contributed by atoms with E-state index < -0.39 is 17.7 Å². The molecule has 3 N–H and O–H groups in total. The van der Waals surface area contributed by atoms with Crippen molar-refractivity contribution in [1.82, 2.24) is 10.4 Å². The molecule has 0 saturated carbocycles. The van der Waals surface area contributed by atoms with E-state index in [1.165, 1.54) is 18.3 Å². The molecule has 1 atom stereocenters. The van der Waals surface area contributed by atoms with Crippen LogP contribution in [0.1, 0.15) is 17.2 Å². The van der Waals surface area contributed by atoms with Crippen LogP contribution in [-0.2, 0) is 6.42 Å². The maximum absolute atomic E-state index is 13.9. The summed E-state index contributed by atoms with van der Waals surface area (Å²) in [6, 6.07) is 3.33. The highest BCUT2D eigenvalue weighted by Gasteiger charge is 2.21. The van der Waals surface area contributed by atoms with Crippen molar-refractivity contribution < 1.29 is 8.78 Å². The fourth-order valence-electron chi connectivity index (χ4n) is 1.92. The Labute approximate surface area is 128 Å². The molecule has 0 amide bonds. The number of halogens is 4. The molecule has 3 nitrogen and oxygen atoms in total. The number of pyridine rings is 1. The zero-order valence-corrected chi connectivity index (χ0v) is 12.5. The van der Waals surface area contributed by atoms with Crippen molar-refractivity contribution in [3.8, 4) is 0 Å². The molecule has 7 heteroatoms. The van der Waals surface area contributed by atoms with Crippen LogP contribution in [0, 0.1) is 11.6 Å². The van der Waals surface area contributed by atoms with Gasteiger partial charge in [-0.2, -0.15) is 0 Å². The monoisotopic (exact) mass is 361 g/mol. The molecule has 0 radical (unpaired) electrons. The third-order valence-corrected chi connectivity index (χ3v) is 3.67. The Hall–Kier alpha value is -1.08. The van der Waals surface area contributed by atoms with Crippen LogP contribution in [0.4, 0.5) is 8.78 Å². The molecule has 1 aromatic carbocycles. The van der Waals surface area contributed by atoms with Gasteiger partial charge in [0.1, 0.15) is 11.6 Å². The highest BCUT2D eigenvalue weighted by atomic mass is 79.9. The first kappa shape index (κ1) is 15.3. The van der Waals surface area contributed by atoms with Gasteiger partial charge in [-0.25, -0.2) is 8.78 Å². The standard InChI is InChI=1S/C13H11BrClF2N3/c14-8-4-10(16)13(11(17)5-8)12(20-18)3-7-1-2-19-6-9(7)15/h1-2,4-6,12,20H,3,18H2. The molecule has 1 heterocycles. The molecule has 0 saturated heterocycles. The van der Waals surface area contributed by atoms with Gasteiger partial charge in [0.25, 0.3) is 0 Å². The summed E-state index contributed by atoms with van der Waals surface area (Å²) in [6.45, 7) is 0. The summed E-state index contributed by atoms with van der Waals surface area (Å²) in [5, 5.41) is 0.422. The minimum absolute atomic E-state index is 0.122. The van der Waals surface area contributed by atoms with Gasteiger partial charge in [0, 0.05) is 22.4 Å². The van der Waals surface area contributed by atoms with E-state index in [9.17, 15) is 8.78 Å². The molecule has 2 rings (SSSR count). The average Bonchev–Trinajstić information content (AvgIpc) is 2.38. The highest BCUT2D eigenvalue weighted by Crippen LogP contribution is 2.28. The van der Waals surface area contributed by atoms with Gasteiger partial charge in [0.15, 0.2) is 0 Å². The van der Waals surface area contributed by atoms with Gasteiger partial charge in [-0.1, -0.05) is 27.5 Å². The van der Waals surface area contributed by atoms with E-state index in [2.05, 4.69) is 26.3 Å². The lowest BCUT2D eigenvalue weighted by atomic mass is 9.99. The Balaban J connectivity index is 2.37. The van der Waals surface area contributed by atoms with Crippen molar-refractivity contribution in [3.63, 3.8) is 0 Å². The molecule has 2 aromatic rings. The molecule has 106 valence electrons. The largest absolute Gasteiger partial charge is 0.271 e. The molecule has 0 bridgehead atoms. The molecule has 0 aliphatic heterocycles. The second-order valence-electron chi connectivity index (χ2n) is 4.17. The van der Waals surface area contributed by atoms with E-state index in [0.717, 1.165) is 0 Å². The summed E-state index contributed by atoms with van der Waals surface area (Å²) in [7, 11) is 0. The van der Waals surface area contributed by atoms with Crippen LogP contribution in [0.25, 0.3) is 0 Å². The fraction of sp³-hybridized carbons (Fsp3) is 0.154. The molecule has 0 spiro atoms. The normalized spacial score (nSPS) is 12.4. The first-order valence-electron chi connectivity index (χ1n) is 5.72. The molecular formula is C13H11BrClF2N3. The Kier molecular flexibility index (Phi) is 5.04. The van der Waals surface area contributed by atoms with Gasteiger partial charge in [-0.05, 0) is 30.2 Å². The molecule has 0 aliphatic carbocycles. The highest BCUT2D eigenvalue weighted by molar-refractivity contribution is 9.10. The van der Waals surface area contributed by atoms with Crippen LogP contribution >= 0.6 is 27.5 Å². The SMILES string of the molecule is NNC(Cc1ccncc1Cl)c1c(F)cc(Br)cc1F. The third-order valence-electron chi connectivity index (χ3n) is 2.87. The van der Waals surface area contributed by atoms with Gasteiger partial charge in [0.2, 0.25) is 0 Å². The number of nitrogens with two attached hydrogens (primary N) is 1. The summed E-state index contributed by atoms with van der Waals surface area (Å²) < 4.78 is 28.2. The smallest absolute Gasteiger partial charge is 0.132 e. The van der Waals surface area contributed by atoms with Gasteiger partial charge in [-0.3, -0.25) is 16.3 Å². The van der Waals surface area contributed by atoms with Crippen LogP contribution in [0.3, 0.4) is 0 Å². The minimum Gasteiger partial charge on any atom is -0.271 e. The third kappa shape index (κ3) is 3.32. The lowest BCUT2D eigenvalue weighted by Gasteiger charge is -2.18. The zero-order chi connectivity index (χ0) is 14.7. The number of hydrazine groups is 1. The number of nitrogens with zero attached hydrogens (tertiary/aromatic N) is 1. The van der Waals surface area contributed by atoms with Crippen molar-refractivity contribution in [3.05, 3.63) is 62.8 Å². The van der Waals surface area contributed by atoms with Gasteiger partial charge in [0.05, 0.1) is 11.1 Å². The van der Waals surface area contributed by atoms with Gasteiger partial charge < -0.3 is 0 Å². The van der Waals surface area contributed by atoms with E-state index in [-0.39, 0.29) is 12.0 Å². The van der Waals surface area contributed by atoms with E-state index >= 15 is 0 Å². The predicted octanol–water partition coefficient (Wildman–Crippen LogP) is 3.52. The summed E-state index contributed by atoms with van der Waals surface area (Å²) in [5.74, 6) is 4.07. The number of rotatable bonds is 4. The predicted molar refractivity (Wildman–Crippen MR) is 77.1 cm³/mol. The Morgan fingerprint density at radius 3 is 2.55 bits per heavy atom. The molecule has 1 aromatic heterocycles. The lowest BCUT2D eigenvalue weighted by Crippen LogP contribution is -2.31. The van der Waals surface area contributed by atoms with Gasteiger partial charge >= 0.3 is 0 Å². The molecule has 0 fully saturated rings. The minimum atomic E-state index is -0.733. The summed E-state index contributed by atoms with van der Waals surface area (Å²) >= 11 is 9.03. The van der Waals surface area contributed by atoms with E-state index in [4.69, 9.17) is 17.4 Å². The Bertz CT molecular complexity index is 601. The molecule has 1 unspecified atom stereocenters. The Morgan fingerprint density at radius 2 is 2.00 bits per heavy atom. The van der Waals surface area contributed by atoms with E-state index in [1.54, 1.807) is 12.3 Å². The number of hydrogen-bond donors (Lipinski definition) is 2. The van der Waals surface area contributed by atoms with Crippen molar-refractivity contribution in [2.75, 3.05) is 0 Å². The first-order valence-corrected chi connectivity index (χ1v) is 6.89. The lowest BCUT2D eigenvalue weighted by molar-refractivity contribution is 0.472.